The lowest BCUT2D eigenvalue weighted by atomic mass is 10.0. The lowest BCUT2D eigenvalue weighted by molar-refractivity contribution is -0.122. The summed E-state index contributed by atoms with van der Waals surface area (Å²) in [5.41, 5.74) is 1.37. The minimum atomic E-state index is -0.161. The number of benzene rings is 1. The summed E-state index contributed by atoms with van der Waals surface area (Å²) in [6.07, 6.45) is 0. The van der Waals surface area contributed by atoms with E-state index in [4.69, 9.17) is 10.00 Å². The molecule has 1 aliphatic rings. The summed E-state index contributed by atoms with van der Waals surface area (Å²) >= 11 is 0. The first kappa shape index (κ1) is 13.5. The maximum absolute atomic E-state index is 12.4. The number of hydrogen-bond acceptors (Lipinski definition) is 4. The highest BCUT2D eigenvalue weighted by Gasteiger charge is 2.35. The fourth-order valence-corrected chi connectivity index (χ4v) is 2.22. The Morgan fingerprint density at radius 3 is 2.68 bits per heavy atom. The van der Waals surface area contributed by atoms with Gasteiger partial charge in [0.2, 0.25) is 5.91 Å². The van der Waals surface area contributed by atoms with Crippen LogP contribution in [0.2, 0.25) is 0 Å². The maximum Gasteiger partial charge on any atom is 0.233 e. The summed E-state index contributed by atoms with van der Waals surface area (Å²) in [6.45, 7) is 1.01. The number of ether oxygens (including phenoxy) is 1. The largest absolute Gasteiger partial charge is 0.379 e. The molecule has 19 heavy (non-hydrogen) atoms. The molecule has 0 aliphatic carbocycles. The zero-order chi connectivity index (χ0) is 13.8. The van der Waals surface area contributed by atoms with Crippen LogP contribution in [0.5, 0.6) is 0 Å². The predicted molar refractivity (Wildman–Crippen MR) is 71.7 cm³/mol. The molecule has 1 amide bonds. The van der Waals surface area contributed by atoms with Crippen LogP contribution in [0.3, 0.4) is 0 Å². The molecule has 0 saturated carbocycles. The second-order valence-corrected chi connectivity index (χ2v) is 4.60. The SMILES string of the molecule is CNC1COCC1C(=O)N(C)c1ccc(C#N)cc1. The summed E-state index contributed by atoms with van der Waals surface area (Å²) in [4.78, 5) is 14.0. The van der Waals surface area contributed by atoms with Crippen molar-refractivity contribution in [2.45, 2.75) is 6.04 Å². The normalized spacial score (nSPS) is 21.9. The molecule has 0 aromatic heterocycles. The molecule has 100 valence electrons. The molecular formula is C14H17N3O2. The Morgan fingerprint density at radius 2 is 2.11 bits per heavy atom. The molecule has 1 aromatic rings. The van der Waals surface area contributed by atoms with Crippen molar-refractivity contribution in [3.8, 4) is 6.07 Å². The molecule has 1 aromatic carbocycles. The van der Waals surface area contributed by atoms with Crippen molar-refractivity contribution in [2.24, 2.45) is 5.92 Å². The number of nitriles is 1. The van der Waals surface area contributed by atoms with Crippen molar-refractivity contribution in [2.75, 3.05) is 32.2 Å². The molecule has 5 nitrogen and oxygen atoms in total. The van der Waals surface area contributed by atoms with Gasteiger partial charge < -0.3 is 15.0 Å². The average Bonchev–Trinajstić information content (AvgIpc) is 2.94. The van der Waals surface area contributed by atoms with Gasteiger partial charge in [-0.25, -0.2) is 0 Å². The minimum absolute atomic E-state index is 0.0292. The molecule has 0 bridgehead atoms. The Bertz CT molecular complexity index is 492. The molecule has 2 unspecified atom stereocenters. The molecular weight excluding hydrogens is 242 g/mol. The molecule has 1 saturated heterocycles. The Morgan fingerprint density at radius 1 is 1.42 bits per heavy atom. The van der Waals surface area contributed by atoms with Gasteiger partial charge in [0.1, 0.15) is 0 Å². The van der Waals surface area contributed by atoms with Crippen LogP contribution in [0, 0.1) is 17.2 Å². The van der Waals surface area contributed by atoms with Crippen LogP contribution in [0.25, 0.3) is 0 Å². The van der Waals surface area contributed by atoms with E-state index in [0.29, 0.717) is 18.8 Å². The zero-order valence-electron chi connectivity index (χ0n) is 11.1. The number of carbonyl (C=O) groups is 1. The number of rotatable bonds is 3. The van der Waals surface area contributed by atoms with Gasteiger partial charge in [0.15, 0.2) is 0 Å². The van der Waals surface area contributed by atoms with Crippen LogP contribution >= 0.6 is 0 Å². The van der Waals surface area contributed by atoms with Crippen LogP contribution in [-0.4, -0.2) is 39.3 Å². The van der Waals surface area contributed by atoms with E-state index in [0.717, 1.165) is 5.69 Å². The van der Waals surface area contributed by atoms with Gasteiger partial charge in [-0.1, -0.05) is 0 Å². The first-order valence-electron chi connectivity index (χ1n) is 6.20. The van der Waals surface area contributed by atoms with Gasteiger partial charge >= 0.3 is 0 Å². The lowest BCUT2D eigenvalue weighted by Gasteiger charge is -2.23. The van der Waals surface area contributed by atoms with Gasteiger partial charge in [0.05, 0.1) is 30.8 Å². The van der Waals surface area contributed by atoms with E-state index in [2.05, 4.69) is 11.4 Å². The molecule has 0 spiro atoms. The van der Waals surface area contributed by atoms with Crippen LogP contribution in [0.1, 0.15) is 5.56 Å². The van der Waals surface area contributed by atoms with E-state index in [1.54, 1.807) is 36.2 Å². The second-order valence-electron chi connectivity index (χ2n) is 4.60. The molecule has 2 rings (SSSR count). The van der Waals surface area contributed by atoms with E-state index in [1.165, 1.54) is 0 Å². The van der Waals surface area contributed by atoms with Crippen molar-refractivity contribution in [1.29, 1.82) is 5.26 Å². The smallest absolute Gasteiger partial charge is 0.233 e. The number of nitrogens with zero attached hydrogens (tertiary/aromatic N) is 2. The fourth-order valence-electron chi connectivity index (χ4n) is 2.22. The number of nitrogens with one attached hydrogen (secondary N) is 1. The monoisotopic (exact) mass is 259 g/mol. The third kappa shape index (κ3) is 2.75. The van der Waals surface area contributed by atoms with E-state index in [1.807, 2.05) is 7.05 Å². The van der Waals surface area contributed by atoms with Gasteiger partial charge in [-0.05, 0) is 31.3 Å². The van der Waals surface area contributed by atoms with Gasteiger partial charge in [-0.2, -0.15) is 5.26 Å². The second kappa shape index (κ2) is 5.83. The Labute approximate surface area is 112 Å². The van der Waals surface area contributed by atoms with E-state index in [9.17, 15) is 4.79 Å². The molecule has 1 heterocycles. The first-order valence-corrected chi connectivity index (χ1v) is 6.20. The van der Waals surface area contributed by atoms with Crippen molar-refractivity contribution < 1.29 is 9.53 Å². The van der Waals surface area contributed by atoms with E-state index < -0.39 is 0 Å². The van der Waals surface area contributed by atoms with Gasteiger partial charge in [-0.15, -0.1) is 0 Å². The van der Waals surface area contributed by atoms with Crippen molar-refractivity contribution in [3.05, 3.63) is 29.8 Å². The highest BCUT2D eigenvalue weighted by atomic mass is 16.5. The predicted octanol–water partition coefficient (Wildman–Crippen LogP) is 0.755. The number of carbonyl (C=O) groups excluding carboxylic acids is 1. The summed E-state index contributed by atoms with van der Waals surface area (Å²) in [6, 6.07) is 9.10. The third-order valence-electron chi connectivity index (χ3n) is 3.48. The maximum atomic E-state index is 12.4. The van der Waals surface area contributed by atoms with E-state index >= 15 is 0 Å². The van der Waals surface area contributed by atoms with Crippen molar-refractivity contribution in [3.63, 3.8) is 0 Å². The molecule has 1 aliphatic heterocycles. The third-order valence-corrected chi connectivity index (χ3v) is 3.48. The summed E-state index contributed by atoms with van der Waals surface area (Å²) in [5.74, 6) is -0.132. The molecule has 0 radical (unpaired) electrons. The first-order chi connectivity index (χ1) is 9.17. The topological polar surface area (TPSA) is 65.4 Å². The van der Waals surface area contributed by atoms with Crippen molar-refractivity contribution in [1.82, 2.24) is 5.32 Å². The Kier molecular flexibility index (Phi) is 4.15. The molecule has 1 fully saturated rings. The standard InChI is InChI=1S/C14H17N3O2/c1-16-13-9-19-8-12(13)14(18)17(2)11-5-3-10(7-15)4-6-11/h3-6,12-13,16H,8-9H2,1-2H3. The molecule has 1 N–H and O–H groups in total. The quantitative estimate of drug-likeness (QED) is 0.870. The average molecular weight is 259 g/mol. The van der Waals surface area contributed by atoms with Gasteiger partial charge in [0.25, 0.3) is 0 Å². The number of likely N-dealkylation sites (N-methyl/N-ethyl adjacent to an activating group) is 1. The van der Waals surface area contributed by atoms with Crippen molar-refractivity contribution >= 4 is 11.6 Å². The number of hydrogen-bond donors (Lipinski definition) is 1. The van der Waals surface area contributed by atoms with Gasteiger partial charge in [0, 0.05) is 18.8 Å². The Hall–Kier alpha value is -1.90. The highest BCUT2D eigenvalue weighted by molar-refractivity contribution is 5.95. The molecule has 5 heteroatoms. The Balaban J connectivity index is 2.12. The zero-order valence-corrected chi connectivity index (χ0v) is 11.1. The summed E-state index contributed by atoms with van der Waals surface area (Å²) < 4.78 is 5.35. The van der Waals surface area contributed by atoms with Crippen LogP contribution in [0.15, 0.2) is 24.3 Å². The van der Waals surface area contributed by atoms with Crippen LogP contribution in [-0.2, 0) is 9.53 Å². The van der Waals surface area contributed by atoms with Crippen LogP contribution < -0.4 is 10.2 Å². The van der Waals surface area contributed by atoms with Gasteiger partial charge in [-0.3, -0.25) is 4.79 Å². The molecule has 2 atom stereocenters. The summed E-state index contributed by atoms with van der Waals surface area (Å²) in [7, 11) is 3.58. The number of anilines is 1. The summed E-state index contributed by atoms with van der Waals surface area (Å²) in [5, 5.41) is 11.9. The fraction of sp³-hybridized carbons (Fsp3) is 0.429. The highest BCUT2D eigenvalue weighted by Crippen LogP contribution is 2.20. The number of amides is 1. The van der Waals surface area contributed by atoms with Crippen LogP contribution in [0.4, 0.5) is 5.69 Å². The lowest BCUT2D eigenvalue weighted by Crippen LogP contribution is -2.43. The van der Waals surface area contributed by atoms with E-state index in [-0.39, 0.29) is 17.9 Å². The minimum Gasteiger partial charge on any atom is -0.379 e.